The minimum Gasteiger partial charge on any atom is -0.341 e. The lowest BCUT2D eigenvalue weighted by molar-refractivity contribution is -0.190. The van der Waals surface area contributed by atoms with Gasteiger partial charge in [0, 0.05) is 11.6 Å². The normalized spacial score (nSPS) is 25.1. The van der Waals surface area contributed by atoms with Crippen molar-refractivity contribution in [3.63, 3.8) is 0 Å². The average Bonchev–Trinajstić information content (AvgIpc) is 3.58. The molecule has 1 N–H and O–H groups in total. The number of thiazole rings is 1. The minimum atomic E-state index is -0.821. The number of hydrogen-bond donors (Lipinski definition) is 1. The molecule has 4 atom stereocenters. The Morgan fingerprint density at radius 2 is 1.97 bits per heavy atom. The third-order valence-corrected chi connectivity index (χ3v) is 6.23. The molecule has 0 spiro atoms. The van der Waals surface area contributed by atoms with E-state index in [1.807, 2.05) is 19.2 Å². The Morgan fingerprint density at radius 3 is 2.79 bits per heavy atom. The summed E-state index contributed by atoms with van der Waals surface area (Å²) < 4.78 is 34.4. The highest BCUT2D eigenvalue weighted by molar-refractivity contribution is 7.13. The Kier molecular flexibility index (Phi) is 5.04. The summed E-state index contributed by atoms with van der Waals surface area (Å²) >= 11 is 1.46. The van der Waals surface area contributed by atoms with Crippen LogP contribution in [0.15, 0.2) is 48.5 Å². The summed E-state index contributed by atoms with van der Waals surface area (Å²) in [5.74, 6) is 5.23. The number of imidazole rings is 1. The van der Waals surface area contributed by atoms with Crippen molar-refractivity contribution < 1.29 is 18.6 Å². The van der Waals surface area contributed by atoms with Gasteiger partial charge in [-0.15, -0.1) is 11.3 Å². The highest BCUT2D eigenvalue weighted by Crippen LogP contribution is 2.43. The lowest BCUT2D eigenvalue weighted by Gasteiger charge is -2.23. The Bertz CT molecular complexity index is 1410. The summed E-state index contributed by atoms with van der Waals surface area (Å²) in [4.78, 5) is 17.5. The maximum Gasteiger partial charge on any atom is 0.188 e. The van der Waals surface area contributed by atoms with Gasteiger partial charge in [-0.2, -0.15) is 0 Å². The van der Waals surface area contributed by atoms with E-state index in [-0.39, 0.29) is 5.82 Å². The Labute approximate surface area is 197 Å². The maximum absolute atomic E-state index is 14.1. The van der Waals surface area contributed by atoms with Crippen LogP contribution in [0.1, 0.15) is 25.6 Å². The van der Waals surface area contributed by atoms with Crippen molar-refractivity contribution in [1.29, 1.82) is 0 Å². The van der Waals surface area contributed by atoms with Crippen molar-refractivity contribution in [2.75, 3.05) is 5.32 Å². The summed E-state index contributed by atoms with van der Waals surface area (Å²) in [5, 5.41) is 5.74. The number of rotatable bonds is 3. The van der Waals surface area contributed by atoms with E-state index in [0.29, 0.717) is 27.7 Å². The van der Waals surface area contributed by atoms with E-state index in [1.54, 1.807) is 35.3 Å². The number of fused-ring (bicyclic) bond motifs is 2. The molecule has 5 heterocycles. The zero-order valence-corrected chi connectivity index (χ0v) is 19.0. The predicted molar refractivity (Wildman–Crippen MR) is 122 cm³/mol. The van der Waals surface area contributed by atoms with Crippen LogP contribution in [0.5, 0.6) is 0 Å². The number of halogens is 1. The molecule has 0 saturated carbocycles. The molecular weight excluding hydrogens is 459 g/mol. The van der Waals surface area contributed by atoms with Gasteiger partial charge in [0.05, 0.1) is 11.9 Å². The van der Waals surface area contributed by atoms with Gasteiger partial charge in [-0.1, -0.05) is 24.0 Å². The number of aromatic nitrogens is 5. The van der Waals surface area contributed by atoms with Gasteiger partial charge < -0.3 is 19.5 Å². The number of hydrogen-bond acceptors (Lipinski definition) is 9. The van der Waals surface area contributed by atoms with Crippen molar-refractivity contribution >= 4 is 33.5 Å². The molecule has 0 radical (unpaired) electrons. The lowest BCUT2D eigenvalue weighted by atomic mass is 10.1. The number of benzene rings is 1. The van der Waals surface area contributed by atoms with E-state index < -0.39 is 30.3 Å². The first kappa shape index (κ1) is 21.1. The zero-order chi connectivity index (χ0) is 23.3. The largest absolute Gasteiger partial charge is 0.341 e. The molecule has 0 unspecified atom stereocenters. The van der Waals surface area contributed by atoms with Crippen LogP contribution in [-0.4, -0.2) is 48.6 Å². The van der Waals surface area contributed by atoms with Crippen LogP contribution in [0.25, 0.3) is 11.2 Å². The fourth-order valence-corrected chi connectivity index (χ4v) is 4.67. The molecule has 34 heavy (non-hydrogen) atoms. The van der Waals surface area contributed by atoms with Crippen LogP contribution in [0.4, 0.5) is 15.3 Å². The SMILES string of the molecule is CC1(C)O[C@@H]2[C@H](O1)[C@@H](C#Cc1ccccc1F)O[C@H]2n1cnc2c(Nc3nccs3)ncnc21. The molecule has 1 aromatic carbocycles. The van der Waals surface area contributed by atoms with Crippen LogP contribution in [0, 0.1) is 17.7 Å². The quantitative estimate of drug-likeness (QED) is 0.446. The van der Waals surface area contributed by atoms with E-state index in [4.69, 9.17) is 14.2 Å². The van der Waals surface area contributed by atoms with Crippen LogP contribution < -0.4 is 5.32 Å². The van der Waals surface area contributed by atoms with Gasteiger partial charge in [-0.3, -0.25) is 4.57 Å². The van der Waals surface area contributed by atoms with Crippen LogP contribution in [0.2, 0.25) is 0 Å². The summed E-state index contributed by atoms with van der Waals surface area (Å²) in [7, 11) is 0. The summed E-state index contributed by atoms with van der Waals surface area (Å²) in [6, 6.07) is 6.36. The molecule has 9 nitrogen and oxygen atoms in total. The van der Waals surface area contributed by atoms with Crippen LogP contribution in [0.3, 0.4) is 0 Å². The standard InChI is InChI=1S/C23H19FN6O3S/c1-23(2)32-17-15(8-7-13-5-3-4-6-14(13)24)31-21(18(17)33-23)30-12-28-16-19(26-11-27-20(16)30)29-22-25-9-10-34-22/h3-6,9-12,15,17-18,21H,1-2H3,(H,25,26,27,29)/t15-,17-,18-,21-/m1/s1. The topological polar surface area (TPSA) is 96.2 Å². The molecule has 0 bridgehead atoms. The van der Waals surface area contributed by atoms with Gasteiger partial charge in [0.25, 0.3) is 0 Å². The molecule has 2 aliphatic rings. The second-order valence-electron chi connectivity index (χ2n) is 8.27. The first-order valence-electron chi connectivity index (χ1n) is 10.6. The molecule has 3 aromatic heterocycles. The molecular formula is C23H19FN6O3S. The predicted octanol–water partition coefficient (Wildman–Crippen LogP) is 3.63. The number of nitrogens with zero attached hydrogens (tertiary/aromatic N) is 5. The fraction of sp³-hybridized carbons (Fsp3) is 0.304. The molecule has 11 heteroatoms. The van der Waals surface area contributed by atoms with Gasteiger partial charge in [-0.25, -0.2) is 24.3 Å². The van der Waals surface area contributed by atoms with Gasteiger partial charge in [-0.05, 0) is 26.0 Å². The van der Waals surface area contributed by atoms with Crippen molar-refractivity contribution in [2.24, 2.45) is 0 Å². The zero-order valence-electron chi connectivity index (χ0n) is 18.2. The summed E-state index contributed by atoms with van der Waals surface area (Å²) in [5.41, 5.74) is 1.42. The summed E-state index contributed by atoms with van der Waals surface area (Å²) in [6.07, 6.45) is 2.63. The minimum absolute atomic E-state index is 0.294. The third-order valence-electron chi connectivity index (χ3n) is 5.54. The van der Waals surface area contributed by atoms with Crippen molar-refractivity contribution in [2.45, 2.75) is 44.2 Å². The molecule has 2 aliphatic heterocycles. The average molecular weight is 479 g/mol. The van der Waals surface area contributed by atoms with Gasteiger partial charge in [0.15, 0.2) is 34.1 Å². The molecule has 2 fully saturated rings. The van der Waals surface area contributed by atoms with E-state index in [2.05, 4.69) is 37.1 Å². The first-order chi connectivity index (χ1) is 16.5. The second kappa shape index (κ2) is 8.11. The maximum atomic E-state index is 14.1. The second-order valence-corrected chi connectivity index (χ2v) is 9.16. The van der Waals surface area contributed by atoms with Crippen molar-refractivity contribution in [3.05, 3.63) is 59.9 Å². The highest BCUT2D eigenvalue weighted by Gasteiger charge is 2.56. The third kappa shape index (κ3) is 3.70. The molecule has 0 aliphatic carbocycles. The van der Waals surface area contributed by atoms with E-state index in [1.165, 1.54) is 23.7 Å². The first-order valence-corrected chi connectivity index (χ1v) is 11.5. The van der Waals surface area contributed by atoms with Crippen molar-refractivity contribution in [3.8, 4) is 11.8 Å². The Morgan fingerprint density at radius 1 is 1.12 bits per heavy atom. The van der Waals surface area contributed by atoms with Gasteiger partial charge in [0.2, 0.25) is 0 Å². The van der Waals surface area contributed by atoms with Crippen LogP contribution in [-0.2, 0) is 14.2 Å². The van der Waals surface area contributed by atoms with E-state index >= 15 is 0 Å². The van der Waals surface area contributed by atoms with Gasteiger partial charge in [0.1, 0.15) is 30.5 Å². The Hall–Kier alpha value is -3.43. The molecule has 172 valence electrons. The van der Waals surface area contributed by atoms with E-state index in [9.17, 15) is 4.39 Å². The van der Waals surface area contributed by atoms with Crippen molar-refractivity contribution in [1.82, 2.24) is 24.5 Å². The van der Waals surface area contributed by atoms with Gasteiger partial charge >= 0.3 is 0 Å². The monoisotopic (exact) mass is 478 g/mol. The molecule has 0 amide bonds. The fourth-order valence-electron chi connectivity index (χ4n) is 4.14. The highest BCUT2D eigenvalue weighted by atomic mass is 32.1. The Balaban J connectivity index is 1.35. The van der Waals surface area contributed by atoms with E-state index in [0.717, 1.165) is 0 Å². The summed E-state index contributed by atoms with van der Waals surface area (Å²) in [6.45, 7) is 3.68. The van der Waals surface area contributed by atoms with Crippen LogP contribution >= 0.6 is 11.3 Å². The molecule has 4 aromatic rings. The number of ether oxygens (including phenoxy) is 3. The number of nitrogens with one attached hydrogen (secondary N) is 1. The lowest BCUT2D eigenvalue weighted by Crippen LogP contribution is -2.28. The number of anilines is 2. The smallest absolute Gasteiger partial charge is 0.188 e. The molecule has 6 rings (SSSR count). The molecule has 2 saturated heterocycles.